The molecule has 32 nitrogen and oxygen atoms in total. The molecule has 0 saturated carbocycles. The average molecular weight is 1330 g/mol. The Bertz CT molecular complexity index is 921. The summed E-state index contributed by atoms with van der Waals surface area (Å²) < 4.78 is 94.6. The largest absolute Gasteiger partial charge is 0.673 e. The molecule has 0 aliphatic heterocycles. The predicted octanol–water partition coefficient (Wildman–Crippen LogP) is 0.665. The lowest BCUT2D eigenvalue weighted by molar-refractivity contribution is -0.0413. The Labute approximate surface area is 482 Å². The summed E-state index contributed by atoms with van der Waals surface area (Å²) in [6.07, 6.45) is 0. The van der Waals surface area contributed by atoms with Crippen molar-refractivity contribution in [3.8, 4) is 0 Å². The molecule has 500 valence electrons. The van der Waals surface area contributed by atoms with Crippen LogP contribution >= 0.6 is 0 Å². The highest BCUT2D eigenvalue weighted by atomic mass is 28.5. The third-order valence-corrected chi connectivity index (χ3v) is 20.8. The van der Waals surface area contributed by atoms with Crippen molar-refractivity contribution in [2.24, 2.45) is 0 Å². The molecule has 0 aliphatic rings. The van der Waals surface area contributed by atoms with Gasteiger partial charge in [0.15, 0.2) is 0 Å². The fourth-order valence-electron chi connectivity index (χ4n) is 3.86. The summed E-state index contributed by atoms with van der Waals surface area (Å²) in [6.45, 7) is 33.2. The summed E-state index contributed by atoms with van der Waals surface area (Å²) in [6, 6.07) is 0. The first-order valence-electron chi connectivity index (χ1n) is 21.3. The Balaban J connectivity index is -0.0000000422. The first kappa shape index (κ1) is 121. The van der Waals surface area contributed by atoms with Crippen LogP contribution in [0.15, 0.2) is 0 Å². The van der Waals surface area contributed by atoms with E-state index < -0.39 is 80.7 Å². The highest BCUT2D eigenvalue weighted by molar-refractivity contribution is 6.74. The van der Waals surface area contributed by atoms with E-state index in [0.29, 0.717) is 59.5 Å². The van der Waals surface area contributed by atoms with Gasteiger partial charge in [-0.1, -0.05) is 65.8 Å². The first-order valence-corrected chi connectivity index (χ1v) is 38.3. The van der Waals surface area contributed by atoms with Gasteiger partial charge in [0.1, 0.15) is 0 Å². The molecular weight excluding hydrogens is 1210 g/mol. The van der Waals surface area contributed by atoms with Crippen molar-refractivity contribution in [1.82, 2.24) is 0 Å². The Kier molecular flexibility index (Phi) is 106. The van der Waals surface area contributed by atoms with E-state index in [-0.39, 0.29) is 57.5 Å². The second-order valence-corrected chi connectivity index (χ2v) is 30.4. The minimum absolute atomic E-state index is 0. The van der Waals surface area contributed by atoms with Crippen molar-refractivity contribution in [1.29, 1.82) is 0 Å². The van der Waals surface area contributed by atoms with Crippen LogP contribution in [0.25, 0.3) is 0 Å². The van der Waals surface area contributed by atoms with E-state index in [4.69, 9.17) is 137 Å². The second kappa shape index (κ2) is 68.5. The molecular formula is C37H124O32Si9. The molecule has 0 spiro atoms. The quantitative estimate of drug-likeness (QED) is 0.0458. The van der Waals surface area contributed by atoms with Gasteiger partial charge in [0, 0.05) is 129 Å². The highest BCUT2D eigenvalue weighted by Gasteiger charge is 2.63. The minimum atomic E-state index is -4.61. The van der Waals surface area contributed by atoms with Crippen molar-refractivity contribution in [2.45, 2.75) is 148 Å². The van der Waals surface area contributed by atoms with Gasteiger partial charge in [-0.2, -0.15) is 0 Å². The zero-order valence-electron chi connectivity index (χ0n) is 45.5. The minimum Gasteiger partial charge on any atom is -0.412 e. The van der Waals surface area contributed by atoms with Gasteiger partial charge in [0.25, 0.3) is 0 Å². The van der Waals surface area contributed by atoms with Gasteiger partial charge in [0.2, 0.25) is 0 Å². The normalized spacial score (nSPS) is 11.0. The standard InChI is InChI=1S/C7H22O10Si3.3C7H18O3Si.C2H6.7CH4.3H4O4Si.H2O/c1-9-18(8,10-2)16-20(14-6,15-7)17-19(11-3,12-4)13-5;3*1-5-8-11(4,9-6-2)10-7-3;1-2;;;;;;;;3*1-5(2,3)4;/h8H,1-7H3;3*5-7H2,1-4H3;1-2H3;7*1H4;3*1-4H;1H2. The summed E-state index contributed by atoms with van der Waals surface area (Å²) in [7, 11) is -23.0. The second-order valence-electron chi connectivity index (χ2n) is 11.4. The van der Waals surface area contributed by atoms with E-state index in [0.717, 1.165) is 0 Å². The zero-order chi connectivity index (χ0) is 57.6. The molecule has 41 heteroatoms. The first-order chi connectivity index (χ1) is 31.9. The molecule has 0 aromatic carbocycles. The molecule has 0 aromatic rings. The van der Waals surface area contributed by atoms with Gasteiger partial charge in [-0.15, -0.1) is 0 Å². The lowest BCUT2D eigenvalue weighted by atomic mass is 10.9. The summed E-state index contributed by atoms with van der Waals surface area (Å²) >= 11 is 0. The van der Waals surface area contributed by atoms with E-state index in [9.17, 15) is 4.80 Å². The fourth-order valence-corrected chi connectivity index (χ4v) is 16.2. The van der Waals surface area contributed by atoms with E-state index in [1.807, 2.05) is 95.8 Å². The highest BCUT2D eigenvalue weighted by Crippen LogP contribution is 2.23. The Morgan fingerprint density at radius 1 is 0.256 bits per heavy atom. The molecule has 0 unspecified atom stereocenters. The SMILES string of the molecule is C.C.C.C.C.C.C.CC.CCO[Si](C)(OCC)OCC.CCO[Si](C)(OCC)OCC.CCO[Si](C)(OCC)OCC.CO[Si](O)(OC)O[Si](OC)(OC)O[Si](OC)(OC)OC.O.O[Si](O)(O)O.O[Si](O)(O)O.O[Si](O)(O)O. The smallest absolute Gasteiger partial charge is 0.412 e. The van der Waals surface area contributed by atoms with E-state index >= 15 is 0 Å². The molecule has 0 aromatic heterocycles. The summed E-state index contributed by atoms with van der Waals surface area (Å²) in [4.78, 5) is 97.9. The maximum absolute atomic E-state index is 10.0. The maximum atomic E-state index is 10.0. The Morgan fingerprint density at radius 2 is 0.385 bits per heavy atom. The van der Waals surface area contributed by atoms with E-state index in [1.54, 1.807) is 0 Å². The third-order valence-electron chi connectivity index (χ3n) is 5.93. The van der Waals surface area contributed by atoms with Gasteiger partial charge in [0.05, 0.1) is 0 Å². The molecule has 78 heavy (non-hydrogen) atoms. The van der Waals surface area contributed by atoms with Crippen LogP contribution in [0.5, 0.6) is 0 Å². The molecule has 0 fully saturated rings. The summed E-state index contributed by atoms with van der Waals surface area (Å²) in [5, 5.41) is 0. The van der Waals surface area contributed by atoms with Gasteiger partial charge < -0.3 is 147 Å². The van der Waals surface area contributed by atoms with Crippen molar-refractivity contribution in [3.05, 3.63) is 0 Å². The van der Waals surface area contributed by atoms with Gasteiger partial charge in [-0.3, -0.25) is 0 Å². The number of rotatable bonds is 29. The van der Waals surface area contributed by atoms with E-state index in [1.165, 1.54) is 49.8 Å². The molecule has 15 N–H and O–H groups in total. The molecule has 0 aliphatic carbocycles. The summed E-state index contributed by atoms with van der Waals surface area (Å²) in [5.74, 6) is 0. The molecule has 0 rings (SSSR count). The zero-order valence-corrected chi connectivity index (χ0v) is 54.5. The van der Waals surface area contributed by atoms with Crippen molar-refractivity contribution >= 4 is 80.7 Å². The van der Waals surface area contributed by atoms with Crippen LogP contribution in [0.3, 0.4) is 0 Å². The van der Waals surface area contributed by atoms with Crippen LogP contribution in [0.4, 0.5) is 0 Å². The van der Waals surface area contributed by atoms with Crippen LogP contribution in [-0.4, -0.2) is 258 Å². The third kappa shape index (κ3) is 90.4. The van der Waals surface area contributed by atoms with Crippen LogP contribution in [0, 0.1) is 0 Å². The van der Waals surface area contributed by atoms with Crippen molar-refractivity contribution in [3.63, 3.8) is 0 Å². The molecule has 0 amide bonds. The van der Waals surface area contributed by atoms with E-state index in [2.05, 4.69) is 0 Å². The lowest BCUT2D eigenvalue weighted by Crippen LogP contribution is -2.65. The molecule has 0 radical (unpaired) electrons. The topological polar surface area (TPSA) is 461 Å². The van der Waals surface area contributed by atoms with Gasteiger partial charge in [-0.05, 0) is 62.3 Å². The molecule has 0 saturated heterocycles. The van der Waals surface area contributed by atoms with Crippen LogP contribution < -0.4 is 0 Å². The van der Waals surface area contributed by atoms with Gasteiger partial charge >= 0.3 is 80.7 Å². The Morgan fingerprint density at radius 3 is 0.474 bits per heavy atom. The number of hydrogen-bond acceptors (Lipinski definition) is 31. The maximum Gasteiger partial charge on any atom is 0.673 e. The fraction of sp³-hybridized carbons (Fsp3) is 1.00. The summed E-state index contributed by atoms with van der Waals surface area (Å²) in [5.41, 5.74) is 0. The molecule has 0 heterocycles. The Hall–Kier alpha value is 0.672. The monoisotopic (exact) mass is 1330 g/mol. The number of hydrogen-bond donors (Lipinski definition) is 13. The van der Waals surface area contributed by atoms with Crippen molar-refractivity contribution in [2.75, 3.05) is 109 Å². The predicted molar refractivity (Wildman–Crippen MR) is 316 cm³/mol. The molecule has 0 bridgehead atoms. The van der Waals surface area contributed by atoms with Gasteiger partial charge in [-0.25, -0.2) is 0 Å². The lowest BCUT2D eigenvalue weighted by Gasteiger charge is -2.34. The van der Waals surface area contributed by atoms with Crippen molar-refractivity contribution < 1.29 is 147 Å². The van der Waals surface area contributed by atoms with Crippen LogP contribution in [0.1, 0.15) is 128 Å². The van der Waals surface area contributed by atoms with Crippen LogP contribution in [0.2, 0.25) is 19.6 Å². The average Bonchev–Trinajstić information content (AvgIpc) is 3.23. The van der Waals surface area contributed by atoms with Crippen LogP contribution in [-0.2, 0) is 79.0 Å². The molecule has 0 atom stereocenters.